The van der Waals surface area contributed by atoms with E-state index in [1.807, 2.05) is 12.1 Å². The molecular formula is C14H16N2O2S. The molecule has 0 fully saturated rings. The molecule has 5 heteroatoms. The number of hydrogen-bond donors (Lipinski definition) is 0. The minimum Gasteiger partial charge on any atom is -0.226 e. The molecule has 0 aromatic rings. The Balaban J connectivity index is 5.46. The molecular weight excluding hydrogens is 260 g/mol. The quantitative estimate of drug-likeness (QED) is 0.688. The molecule has 0 radical (unpaired) electrons. The first kappa shape index (κ1) is 17.1. The van der Waals surface area contributed by atoms with E-state index in [2.05, 4.69) is 11.8 Å². The van der Waals surface area contributed by atoms with Crippen molar-refractivity contribution in [2.24, 2.45) is 11.8 Å². The lowest BCUT2D eigenvalue weighted by molar-refractivity contribution is 0.520. The summed E-state index contributed by atoms with van der Waals surface area (Å²) in [6, 6.07) is 3.80. The fourth-order valence-corrected chi connectivity index (χ4v) is 4.01. The summed E-state index contributed by atoms with van der Waals surface area (Å²) in [6.45, 7) is 3.21. The molecule has 0 saturated carbocycles. The Labute approximate surface area is 115 Å². The van der Waals surface area contributed by atoms with Crippen molar-refractivity contribution >= 4 is 9.84 Å². The van der Waals surface area contributed by atoms with Gasteiger partial charge in [0.1, 0.15) is 10.5 Å². The maximum Gasteiger partial charge on any atom is 0.178 e. The Morgan fingerprint density at radius 1 is 0.947 bits per heavy atom. The fourth-order valence-electron chi connectivity index (χ4n) is 1.83. The molecule has 0 N–H and O–H groups in total. The van der Waals surface area contributed by atoms with Crippen LogP contribution in [0.15, 0.2) is 0 Å². The Bertz CT molecular complexity index is 521. The van der Waals surface area contributed by atoms with Crippen molar-refractivity contribution < 1.29 is 8.42 Å². The SMILES string of the molecule is C#CC(C(C)CC#N)S(=O)(=O)C(C#C)C(C)CC#N. The molecule has 0 aliphatic carbocycles. The van der Waals surface area contributed by atoms with Gasteiger partial charge < -0.3 is 0 Å². The fraction of sp³-hybridized carbons (Fsp3) is 0.571. The van der Waals surface area contributed by atoms with Crippen LogP contribution in [0.4, 0.5) is 0 Å². The van der Waals surface area contributed by atoms with Crippen LogP contribution in [0.3, 0.4) is 0 Å². The van der Waals surface area contributed by atoms with E-state index in [4.69, 9.17) is 23.4 Å². The molecule has 0 saturated heterocycles. The molecule has 0 spiro atoms. The lowest BCUT2D eigenvalue weighted by Gasteiger charge is -2.24. The summed E-state index contributed by atoms with van der Waals surface area (Å²) in [4.78, 5) is 0. The van der Waals surface area contributed by atoms with Crippen molar-refractivity contribution in [1.29, 1.82) is 10.5 Å². The topological polar surface area (TPSA) is 81.7 Å². The average Bonchev–Trinajstić information content (AvgIpc) is 2.30. The first-order chi connectivity index (χ1) is 8.86. The highest BCUT2D eigenvalue weighted by molar-refractivity contribution is 7.93. The van der Waals surface area contributed by atoms with Gasteiger partial charge in [-0.2, -0.15) is 10.5 Å². The van der Waals surface area contributed by atoms with Gasteiger partial charge in [-0.1, -0.05) is 25.7 Å². The summed E-state index contributed by atoms with van der Waals surface area (Å²) < 4.78 is 24.8. The minimum atomic E-state index is -3.78. The summed E-state index contributed by atoms with van der Waals surface area (Å²) in [6.07, 6.45) is 10.6. The predicted octanol–water partition coefficient (Wildman–Crippen LogP) is 1.50. The molecule has 0 amide bonds. The van der Waals surface area contributed by atoms with Crippen molar-refractivity contribution in [3.8, 4) is 36.8 Å². The molecule has 0 aromatic carbocycles. The average molecular weight is 276 g/mol. The van der Waals surface area contributed by atoms with E-state index in [9.17, 15) is 8.42 Å². The zero-order valence-electron chi connectivity index (χ0n) is 11.0. The Hall–Kier alpha value is -1.95. The zero-order valence-corrected chi connectivity index (χ0v) is 11.8. The summed E-state index contributed by atoms with van der Waals surface area (Å²) in [5.74, 6) is 3.45. The van der Waals surface area contributed by atoms with Crippen molar-refractivity contribution in [2.75, 3.05) is 0 Å². The van der Waals surface area contributed by atoms with Gasteiger partial charge in [0.05, 0.1) is 12.1 Å². The second-order valence-corrected chi connectivity index (χ2v) is 6.64. The maximum absolute atomic E-state index is 12.4. The number of nitriles is 2. The maximum atomic E-state index is 12.4. The van der Waals surface area contributed by atoms with Gasteiger partial charge in [0.2, 0.25) is 0 Å². The number of terminal acetylenes is 2. The number of nitrogens with zero attached hydrogens (tertiary/aromatic N) is 2. The van der Waals surface area contributed by atoms with Crippen molar-refractivity contribution in [3.63, 3.8) is 0 Å². The van der Waals surface area contributed by atoms with E-state index in [0.717, 1.165) is 0 Å². The molecule has 0 bridgehead atoms. The third kappa shape index (κ3) is 4.03. The van der Waals surface area contributed by atoms with Gasteiger partial charge in [0.15, 0.2) is 9.84 Å². The summed E-state index contributed by atoms with van der Waals surface area (Å²) in [5, 5.41) is 15.1. The molecule has 100 valence electrons. The van der Waals surface area contributed by atoms with E-state index < -0.39 is 32.2 Å². The summed E-state index contributed by atoms with van der Waals surface area (Å²) in [5.41, 5.74) is 0. The third-order valence-electron chi connectivity index (χ3n) is 2.90. The smallest absolute Gasteiger partial charge is 0.178 e. The minimum absolute atomic E-state index is 0.0397. The highest BCUT2D eigenvalue weighted by Gasteiger charge is 2.38. The molecule has 0 aliphatic rings. The number of rotatable bonds is 6. The van der Waals surface area contributed by atoms with Gasteiger partial charge in [-0.15, -0.1) is 12.8 Å². The Morgan fingerprint density at radius 3 is 1.47 bits per heavy atom. The van der Waals surface area contributed by atoms with E-state index in [-0.39, 0.29) is 12.8 Å². The largest absolute Gasteiger partial charge is 0.226 e. The van der Waals surface area contributed by atoms with Crippen LogP contribution < -0.4 is 0 Å². The molecule has 0 aromatic heterocycles. The second kappa shape index (κ2) is 7.48. The van der Waals surface area contributed by atoms with Crippen molar-refractivity contribution in [2.45, 2.75) is 37.2 Å². The highest BCUT2D eigenvalue weighted by atomic mass is 32.2. The van der Waals surface area contributed by atoms with Gasteiger partial charge in [0.25, 0.3) is 0 Å². The van der Waals surface area contributed by atoms with Crippen molar-refractivity contribution in [3.05, 3.63) is 0 Å². The van der Waals surface area contributed by atoms with Crippen LogP contribution >= 0.6 is 0 Å². The molecule has 4 unspecified atom stereocenters. The van der Waals surface area contributed by atoms with Crippen molar-refractivity contribution in [1.82, 2.24) is 0 Å². The van der Waals surface area contributed by atoms with Gasteiger partial charge in [-0.25, -0.2) is 8.42 Å². The van der Waals surface area contributed by atoms with Crippen LogP contribution in [0.25, 0.3) is 0 Å². The molecule has 0 heterocycles. The van der Waals surface area contributed by atoms with E-state index in [1.165, 1.54) is 0 Å². The zero-order chi connectivity index (χ0) is 15.1. The predicted molar refractivity (Wildman–Crippen MR) is 72.9 cm³/mol. The lowest BCUT2D eigenvalue weighted by Crippen LogP contribution is -2.38. The van der Waals surface area contributed by atoms with Gasteiger partial charge in [-0.3, -0.25) is 0 Å². The molecule has 0 rings (SSSR count). The van der Waals surface area contributed by atoms with Crippen LogP contribution in [0, 0.1) is 59.2 Å². The van der Waals surface area contributed by atoms with Gasteiger partial charge in [-0.05, 0) is 11.8 Å². The standard InChI is InChI=1S/C14H16N2O2S/c1-5-13(11(3)7-9-15)19(17,18)14(6-2)12(4)8-10-16/h1-2,11-14H,7-8H2,3-4H3. The first-order valence-corrected chi connectivity index (χ1v) is 7.36. The molecule has 19 heavy (non-hydrogen) atoms. The van der Waals surface area contributed by atoms with Crippen LogP contribution in [-0.4, -0.2) is 18.9 Å². The Morgan fingerprint density at radius 2 is 1.26 bits per heavy atom. The molecule has 0 aliphatic heterocycles. The van der Waals surface area contributed by atoms with E-state index in [0.29, 0.717) is 0 Å². The number of sulfone groups is 1. The molecule has 4 nitrogen and oxygen atoms in total. The van der Waals surface area contributed by atoms with Gasteiger partial charge in [0, 0.05) is 12.8 Å². The lowest BCUT2D eigenvalue weighted by atomic mass is 10.0. The highest BCUT2D eigenvalue weighted by Crippen LogP contribution is 2.25. The monoisotopic (exact) mass is 276 g/mol. The van der Waals surface area contributed by atoms with Crippen LogP contribution in [0.1, 0.15) is 26.7 Å². The third-order valence-corrected chi connectivity index (χ3v) is 5.51. The summed E-state index contributed by atoms with van der Waals surface area (Å²) in [7, 11) is -3.78. The summed E-state index contributed by atoms with van der Waals surface area (Å²) >= 11 is 0. The first-order valence-electron chi connectivity index (χ1n) is 5.75. The van der Waals surface area contributed by atoms with Gasteiger partial charge >= 0.3 is 0 Å². The Kier molecular flexibility index (Phi) is 6.71. The van der Waals surface area contributed by atoms with E-state index in [1.54, 1.807) is 13.8 Å². The van der Waals surface area contributed by atoms with Crippen LogP contribution in [0.2, 0.25) is 0 Å². The second-order valence-electron chi connectivity index (χ2n) is 4.44. The normalized spacial score (nSPS) is 16.7. The van der Waals surface area contributed by atoms with Crippen LogP contribution in [-0.2, 0) is 9.84 Å². The number of hydrogen-bond acceptors (Lipinski definition) is 4. The molecule has 4 atom stereocenters. The van der Waals surface area contributed by atoms with E-state index >= 15 is 0 Å². The van der Waals surface area contributed by atoms with Crippen LogP contribution in [0.5, 0.6) is 0 Å².